The number of hydrogen-bond acceptors (Lipinski definition) is 2. The molecule has 1 N–H and O–H groups in total. The van der Waals surface area contributed by atoms with Crippen molar-refractivity contribution in [1.82, 2.24) is 5.32 Å². The molecule has 2 nitrogen and oxygen atoms in total. The molecule has 1 saturated heterocycles. The van der Waals surface area contributed by atoms with Gasteiger partial charge < -0.3 is 10.2 Å². The number of halogens is 1. The van der Waals surface area contributed by atoms with Crippen LogP contribution in [-0.2, 0) is 6.54 Å². The maximum atomic E-state index is 13.5. The monoisotopic (exact) mass is 262 g/mol. The van der Waals surface area contributed by atoms with Gasteiger partial charge in [0.2, 0.25) is 0 Å². The first-order valence-electron chi connectivity index (χ1n) is 7.36. The molecule has 3 heteroatoms. The molecule has 0 amide bonds. The lowest BCUT2D eigenvalue weighted by Gasteiger charge is -2.35. The van der Waals surface area contributed by atoms with E-state index >= 15 is 0 Å². The number of nitrogens with one attached hydrogen (secondary N) is 1. The van der Waals surface area contributed by atoms with Crippen LogP contribution in [0.25, 0.3) is 0 Å². The first-order chi connectivity index (χ1) is 9.06. The van der Waals surface area contributed by atoms with Gasteiger partial charge in [-0.25, -0.2) is 4.39 Å². The van der Waals surface area contributed by atoms with Crippen LogP contribution >= 0.6 is 0 Å². The summed E-state index contributed by atoms with van der Waals surface area (Å²) < 4.78 is 13.5. The first-order valence-corrected chi connectivity index (χ1v) is 7.36. The van der Waals surface area contributed by atoms with E-state index in [1.807, 2.05) is 6.07 Å². The van der Waals surface area contributed by atoms with Crippen LogP contribution in [0.15, 0.2) is 18.2 Å². The summed E-state index contributed by atoms with van der Waals surface area (Å²) >= 11 is 0. The Morgan fingerprint density at radius 2 is 2.16 bits per heavy atom. The lowest BCUT2D eigenvalue weighted by Crippen LogP contribution is -2.39. The van der Waals surface area contributed by atoms with Crippen molar-refractivity contribution in [3.05, 3.63) is 29.6 Å². The van der Waals surface area contributed by atoms with Gasteiger partial charge in [-0.3, -0.25) is 0 Å². The molecule has 2 aliphatic rings. The molecule has 19 heavy (non-hydrogen) atoms. The minimum absolute atomic E-state index is 0.131. The minimum atomic E-state index is -0.131. The van der Waals surface area contributed by atoms with E-state index in [2.05, 4.69) is 24.1 Å². The molecule has 1 aliphatic heterocycles. The van der Waals surface area contributed by atoms with Crippen LogP contribution in [0.2, 0.25) is 0 Å². The molecular weight excluding hydrogens is 239 g/mol. The summed E-state index contributed by atoms with van der Waals surface area (Å²) in [5.41, 5.74) is 2.49. The SMILES string of the molecule is CC1(C)CCCN1c1ccc(F)cc1CNC1CC1. The minimum Gasteiger partial charge on any atom is -0.366 e. The quantitative estimate of drug-likeness (QED) is 0.894. The lowest BCUT2D eigenvalue weighted by atomic mass is 10.0. The predicted octanol–water partition coefficient (Wildman–Crippen LogP) is 3.46. The van der Waals surface area contributed by atoms with Gasteiger partial charge in [0.25, 0.3) is 0 Å². The van der Waals surface area contributed by atoms with Gasteiger partial charge in [0, 0.05) is 30.4 Å². The normalized spacial score (nSPS) is 21.9. The van der Waals surface area contributed by atoms with Crippen LogP contribution in [0.1, 0.15) is 45.1 Å². The van der Waals surface area contributed by atoms with E-state index in [1.54, 1.807) is 12.1 Å². The van der Waals surface area contributed by atoms with Crippen molar-refractivity contribution >= 4 is 5.69 Å². The second kappa shape index (κ2) is 4.78. The van der Waals surface area contributed by atoms with Gasteiger partial charge in [0.1, 0.15) is 5.82 Å². The van der Waals surface area contributed by atoms with Crippen molar-refractivity contribution in [3.63, 3.8) is 0 Å². The Morgan fingerprint density at radius 1 is 1.37 bits per heavy atom. The van der Waals surface area contributed by atoms with E-state index in [-0.39, 0.29) is 11.4 Å². The van der Waals surface area contributed by atoms with Crippen molar-refractivity contribution in [2.45, 2.75) is 57.7 Å². The zero-order chi connectivity index (χ0) is 13.5. The molecule has 1 aromatic rings. The zero-order valence-electron chi connectivity index (χ0n) is 11.9. The van der Waals surface area contributed by atoms with E-state index in [0.29, 0.717) is 6.04 Å². The average Bonchev–Trinajstić information content (AvgIpc) is 3.11. The molecule has 3 rings (SSSR count). The third kappa shape index (κ3) is 2.76. The van der Waals surface area contributed by atoms with Crippen molar-refractivity contribution in [1.29, 1.82) is 0 Å². The Bertz CT molecular complexity index is 466. The molecule has 0 unspecified atom stereocenters. The van der Waals surface area contributed by atoms with Gasteiger partial charge >= 0.3 is 0 Å². The van der Waals surface area contributed by atoms with Crippen LogP contribution in [0.4, 0.5) is 10.1 Å². The summed E-state index contributed by atoms with van der Waals surface area (Å²) in [4.78, 5) is 2.44. The Labute approximate surface area is 115 Å². The van der Waals surface area contributed by atoms with E-state index in [4.69, 9.17) is 0 Å². The van der Waals surface area contributed by atoms with Crippen LogP contribution < -0.4 is 10.2 Å². The molecular formula is C16H23FN2. The summed E-state index contributed by atoms with van der Waals surface area (Å²) in [5.74, 6) is -0.131. The van der Waals surface area contributed by atoms with Gasteiger partial charge in [-0.1, -0.05) is 0 Å². The molecule has 0 atom stereocenters. The van der Waals surface area contributed by atoms with E-state index in [0.717, 1.165) is 18.7 Å². The third-order valence-electron chi connectivity index (χ3n) is 4.39. The van der Waals surface area contributed by atoms with Crippen LogP contribution in [0, 0.1) is 5.82 Å². The topological polar surface area (TPSA) is 15.3 Å². The van der Waals surface area contributed by atoms with Crippen LogP contribution in [-0.4, -0.2) is 18.1 Å². The molecule has 0 radical (unpaired) electrons. The third-order valence-corrected chi connectivity index (χ3v) is 4.39. The number of benzene rings is 1. The predicted molar refractivity (Wildman–Crippen MR) is 76.9 cm³/mol. The second-order valence-electron chi connectivity index (χ2n) is 6.50. The van der Waals surface area contributed by atoms with Crippen LogP contribution in [0.5, 0.6) is 0 Å². The smallest absolute Gasteiger partial charge is 0.123 e. The van der Waals surface area contributed by atoms with E-state index < -0.39 is 0 Å². The average molecular weight is 262 g/mol. The summed E-state index contributed by atoms with van der Waals surface area (Å²) in [6.07, 6.45) is 4.96. The summed E-state index contributed by atoms with van der Waals surface area (Å²) in [6, 6.07) is 5.89. The Balaban J connectivity index is 1.86. The molecule has 2 fully saturated rings. The number of rotatable bonds is 4. The van der Waals surface area contributed by atoms with Gasteiger partial charge in [-0.2, -0.15) is 0 Å². The molecule has 1 heterocycles. The molecule has 1 saturated carbocycles. The second-order valence-corrected chi connectivity index (χ2v) is 6.50. The Hall–Kier alpha value is -1.09. The zero-order valence-corrected chi connectivity index (χ0v) is 11.9. The highest BCUT2D eigenvalue weighted by atomic mass is 19.1. The molecule has 1 aliphatic carbocycles. The van der Waals surface area contributed by atoms with Gasteiger partial charge in [0.05, 0.1) is 0 Å². The van der Waals surface area contributed by atoms with Crippen molar-refractivity contribution < 1.29 is 4.39 Å². The highest BCUT2D eigenvalue weighted by Crippen LogP contribution is 2.36. The fraction of sp³-hybridized carbons (Fsp3) is 0.625. The maximum Gasteiger partial charge on any atom is 0.123 e. The highest BCUT2D eigenvalue weighted by molar-refractivity contribution is 5.56. The van der Waals surface area contributed by atoms with Crippen molar-refractivity contribution in [3.8, 4) is 0 Å². The van der Waals surface area contributed by atoms with Gasteiger partial charge in [0.15, 0.2) is 0 Å². The fourth-order valence-electron chi connectivity index (χ4n) is 3.05. The number of nitrogens with zero attached hydrogens (tertiary/aromatic N) is 1. The van der Waals surface area contributed by atoms with E-state index in [1.165, 1.54) is 31.4 Å². The first kappa shape index (κ1) is 12.9. The summed E-state index contributed by atoms with van der Waals surface area (Å²) in [7, 11) is 0. The number of hydrogen-bond donors (Lipinski definition) is 1. The summed E-state index contributed by atoms with van der Waals surface area (Å²) in [6.45, 7) is 6.42. The van der Waals surface area contributed by atoms with Gasteiger partial charge in [-0.15, -0.1) is 0 Å². The largest absolute Gasteiger partial charge is 0.366 e. The Kier molecular flexibility index (Phi) is 3.25. The highest BCUT2D eigenvalue weighted by Gasteiger charge is 2.33. The maximum absolute atomic E-state index is 13.5. The Morgan fingerprint density at radius 3 is 2.79 bits per heavy atom. The molecule has 0 aromatic heterocycles. The number of anilines is 1. The van der Waals surface area contributed by atoms with Crippen molar-refractivity contribution in [2.24, 2.45) is 0 Å². The molecule has 1 aromatic carbocycles. The standard InChI is InChI=1S/C16H23FN2/c1-16(2)8-3-9-19(16)15-7-4-13(17)10-12(15)11-18-14-5-6-14/h4,7,10,14,18H,3,5-6,8-9,11H2,1-2H3. The van der Waals surface area contributed by atoms with E-state index in [9.17, 15) is 4.39 Å². The van der Waals surface area contributed by atoms with Gasteiger partial charge in [-0.05, 0) is 63.3 Å². The van der Waals surface area contributed by atoms with Crippen molar-refractivity contribution in [2.75, 3.05) is 11.4 Å². The molecule has 104 valence electrons. The molecule has 0 bridgehead atoms. The van der Waals surface area contributed by atoms with Crippen LogP contribution in [0.3, 0.4) is 0 Å². The molecule has 0 spiro atoms. The fourth-order valence-corrected chi connectivity index (χ4v) is 3.05. The summed E-state index contributed by atoms with van der Waals surface area (Å²) in [5, 5.41) is 3.50. The lowest BCUT2D eigenvalue weighted by molar-refractivity contribution is 0.515.